The third-order valence-corrected chi connectivity index (χ3v) is 3.80. The Kier molecular flexibility index (Phi) is 4.83. The number of hydrogen-bond acceptors (Lipinski definition) is 5. The molecule has 0 aliphatic rings. The maximum Gasteiger partial charge on any atom is 0.308 e. The predicted molar refractivity (Wildman–Crippen MR) is 89.3 cm³/mol. The van der Waals surface area contributed by atoms with E-state index in [0.717, 1.165) is 4.68 Å². The molecule has 2 aromatic carbocycles. The topological polar surface area (TPSA) is 74.1 Å². The fourth-order valence-electron chi connectivity index (χ4n) is 2.42. The highest BCUT2D eigenvalue weighted by molar-refractivity contribution is 5.76. The summed E-state index contributed by atoms with van der Waals surface area (Å²) in [7, 11) is 0. The molecule has 0 saturated heterocycles. The summed E-state index contributed by atoms with van der Waals surface area (Å²) in [5.74, 6) is -0.824. The Balaban J connectivity index is 1.63. The molecule has 7 heteroatoms. The molecule has 1 aromatic heterocycles. The molecule has 0 bridgehead atoms. The highest BCUT2D eigenvalue weighted by atomic mass is 19.1. The normalized spacial score (nSPS) is 12.1. The monoisotopic (exact) mass is 341 g/mol. The third kappa shape index (κ3) is 3.88. The fraction of sp³-hybridized carbons (Fsp3) is 0.222. The zero-order chi connectivity index (χ0) is 17.8. The zero-order valence-electron chi connectivity index (χ0n) is 13.6. The summed E-state index contributed by atoms with van der Waals surface area (Å²) in [6.07, 6.45) is -0.522. The van der Waals surface area contributed by atoms with E-state index in [0.29, 0.717) is 16.5 Å². The van der Waals surface area contributed by atoms with E-state index in [4.69, 9.17) is 4.74 Å². The lowest BCUT2D eigenvalue weighted by atomic mass is 10.1. The number of aromatic nitrogens is 3. The van der Waals surface area contributed by atoms with E-state index in [9.17, 15) is 14.0 Å². The molecule has 0 saturated carbocycles. The van der Waals surface area contributed by atoms with Crippen molar-refractivity contribution in [3.05, 3.63) is 70.3 Å². The van der Waals surface area contributed by atoms with E-state index >= 15 is 0 Å². The first-order chi connectivity index (χ1) is 12.0. The van der Waals surface area contributed by atoms with Gasteiger partial charge in [-0.15, -0.1) is 5.10 Å². The number of carbonyl (C=O) groups excluding carboxylic acids is 1. The highest BCUT2D eigenvalue weighted by Gasteiger charge is 2.13. The molecule has 0 spiro atoms. The predicted octanol–water partition coefficient (Wildman–Crippen LogP) is 2.63. The number of hydrogen-bond donors (Lipinski definition) is 0. The van der Waals surface area contributed by atoms with Crippen LogP contribution in [0, 0.1) is 5.82 Å². The van der Waals surface area contributed by atoms with Crippen LogP contribution in [0.25, 0.3) is 10.9 Å². The van der Waals surface area contributed by atoms with Crippen LogP contribution in [-0.4, -0.2) is 21.0 Å². The molecule has 6 nitrogen and oxygen atoms in total. The molecule has 0 fully saturated rings. The molecule has 0 aliphatic heterocycles. The second-order valence-corrected chi connectivity index (χ2v) is 5.57. The maximum absolute atomic E-state index is 12.9. The summed E-state index contributed by atoms with van der Waals surface area (Å²) in [4.78, 5) is 24.3. The highest BCUT2D eigenvalue weighted by Crippen LogP contribution is 2.17. The number of ether oxygens (including phenoxy) is 1. The van der Waals surface area contributed by atoms with Crippen LogP contribution in [0.2, 0.25) is 0 Å². The van der Waals surface area contributed by atoms with Gasteiger partial charge in [-0.1, -0.05) is 29.5 Å². The van der Waals surface area contributed by atoms with Gasteiger partial charge in [0.05, 0.1) is 18.4 Å². The van der Waals surface area contributed by atoms with Crippen LogP contribution in [0.4, 0.5) is 4.39 Å². The van der Waals surface area contributed by atoms with Gasteiger partial charge in [0.15, 0.2) is 0 Å². The van der Waals surface area contributed by atoms with E-state index in [2.05, 4.69) is 10.3 Å². The number of rotatable bonds is 5. The average Bonchev–Trinajstić information content (AvgIpc) is 2.62. The first-order valence-corrected chi connectivity index (χ1v) is 7.82. The van der Waals surface area contributed by atoms with Crippen molar-refractivity contribution < 1.29 is 13.9 Å². The second kappa shape index (κ2) is 7.21. The number of fused-ring (bicyclic) bond motifs is 1. The molecule has 3 rings (SSSR count). The molecule has 0 aliphatic carbocycles. The van der Waals surface area contributed by atoms with Crippen molar-refractivity contribution in [1.82, 2.24) is 15.0 Å². The zero-order valence-corrected chi connectivity index (χ0v) is 13.6. The van der Waals surface area contributed by atoms with Gasteiger partial charge in [0.2, 0.25) is 0 Å². The average molecular weight is 341 g/mol. The fourth-order valence-corrected chi connectivity index (χ4v) is 2.42. The lowest BCUT2D eigenvalue weighted by Gasteiger charge is -2.13. The molecule has 3 aromatic rings. The van der Waals surface area contributed by atoms with Crippen LogP contribution in [0.15, 0.2) is 53.3 Å². The summed E-state index contributed by atoms with van der Waals surface area (Å²) in [6, 6.07) is 12.6. The van der Waals surface area contributed by atoms with Crippen molar-refractivity contribution in [2.24, 2.45) is 0 Å². The van der Waals surface area contributed by atoms with Crippen molar-refractivity contribution in [1.29, 1.82) is 0 Å². The number of benzene rings is 2. The van der Waals surface area contributed by atoms with Gasteiger partial charge in [0, 0.05) is 0 Å². The summed E-state index contributed by atoms with van der Waals surface area (Å²) < 4.78 is 19.4. The van der Waals surface area contributed by atoms with Gasteiger partial charge in [0.1, 0.15) is 17.4 Å². The molecule has 1 heterocycles. The lowest BCUT2D eigenvalue weighted by Crippen LogP contribution is -2.26. The molecular formula is C18H16FN3O3. The Morgan fingerprint density at radius 3 is 2.68 bits per heavy atom. The van der Waals surface area contributed by atoms with Gasteiger partial charge in [-0.25, -0.2) is 9.07 Å². The van der Waals surface area contributed by atoms with Crippen molar-refractivity contribution in [2.45, 2.75) is 26.0 Å². The van der Waals surface area contributed by atoms with Gasteiger partial charge in [0.25, 0.3) is 5.56 Å². The van der Waals surface area contributed by atoms with E-state index in [1.165, 1.54) is 12.1 Å². The largest absolute Gasteiger partial charge is 0.458 e. The first kappa shape index (κ1) is 16.8. The standard InChI is InChI=1S/C18H16FN3O3/c1-12(13-6-8-14(19)9-7-13)25-17(23)10-11-22-18(24)15-4-2-3-5-16(15)20-21-22/h2-9,12H,10-11H2,1H3/t12-/m1/s1. The Bertz CT molecular complexity index is 954. The van der Waals surface area contributed by atoms with Gasteiger partial charge in [-0.3, -0.25) is 9.59 Å². The Morgan fingerprint density at radius 1 is 1.20 bits per heavy atom. The first-order valence-electron chi connectivity index (χ1n) is 7.82. The molecule has 128 valence electrons. The van der Waals surface area contributed by atoms with E-state index < -0.39 is 12.1 Å². The maximum atomic E-state index is 12.9. The third-order valence-electron chi connectivity index (χ3n) is 3.80. The number of carbonyl (C=O) groups is 1. The number of esters is 1. The number of halogens is 1. The van der Waals surface area contributed by atoms with E-state index in [1.807, 2.05) is 0 Å². The van der Waals surface area contributed by atoms with Crippen LogP contribution >= 0.6 is 0 Å². The van der Waals surface area contributed by atoms with Crippen molar-refractivity contribution >= 4 is 16.9 Å². The van der Waals surface area contributed by atoms with Crippen LogP contribution in [-0.2, 0) is 16.1 Å². The van der Waals surface area contributed by atoms with Gasteiger partial charge >= 0.3 is 5.97 Å². The summed E-state index contributed by atoms with van der Waals surface area (Å²) in [5, 5.41) is 8.24. The Hall–Kier alpha value is -3.09. The van der Waals surface area contributed by atoms with Gasteiger partial charge in [-0.2, -0.15) is 0 Å². The number of nitrogens with zero attached hydrogens (tertiary/aromatic N) is 3. The number of aryl methyl sites for hydroxylation is 1. The Labute approximate surface area is 142 Å². The molecule has 25 heavy (non-hydrogen) atoms. The molecule has 1 atom stereocenters. The summed E-state index contributed by atoms with van der Waals surface area (Å²) in [5.41, 5.74) is 0.902. The summed E-state index contributed by atoms with van der Waals surface area (Å²) in [6.45, 7) is 1.78. The van der Waals surface area contributed by atoms with Crippen molar-refractivity contribution in [3.63, 3.8) is 0 Å². The van der Waals surface area contributed by atoms with Crippen LogP contribution in [0.1, 0.15) is 25.0 Å². The van der Waals surface area contributed by atoms with Crippen LogP contribution in [0.5, 0.6) is 0 Å². The lowest BCUT2D eigenvalue weighted by molar-refractivity contribution is -0.148. The smallest absolute Gasteiger partial charge is 0.308 e. The minimum absolute atomic E-state index is 0.0154. The quantitative estimate of drug-likeness (QED) is 0.667. The SMILES string of the molecule is C[C@@H](OC(=O)CCn1nnc2ccccc2c1=O)c1ccc(F)cc1. The van der Waals surface area contributed by atoms with Crippen LogP contribution < -0.4 is 5.56 Å². The minimum atomic E-state index is -0.507. The van der Waals surface area contributed by atoms with Crippen LogP contribution in [0.3, 0.4) is 0 Å². The molecular weight excluding hydrogens is 325 g/mol. The molecule has 0 N–H and O–H groups in total. The van der Waals surface area contributed by atoms with Gasteiger partial charge < -0.3 is 4.74 Å². The second-order valence-electron chi connectivity index (χ2n) is 5.57. The van der Waals surface area contributed by atoms with Gasteiger partial charge in [-0.05, 0) is 36.8 Å². The Morgan fingerprint density at radius 2 is 1.92 bits per heavy atom. The minimum Gasteiger partial charge on any atom is -0.458 e. The molecule has 0 amide bonds. The molecule has 0 unspecified atom stereocenters. The van der Waals surface area contributed by atoms with E-state index in [-0.39, 0.29) is 24.3 Å². The summed E-state index contributed by atoms with van der Waals surface area (Å²) >= 11 is 0. The molecule has 0 radical (unpaired) electrons. The van der Waals surface area contributed by atoms with Crippen molar-refractivity contribution in [2.75, 3.05) is 0 Å². The van der Waals surface area contributed by atoms with Crippen molar-refractivity contribution in [3.8, 4) is 0 Å². The van der Waals surface area contributed by atoms with E-state index in [1.54, 1.807) is 43.3 Å².